The lowest BCUT2D eigenvalue weighted by atomic mass is 9.95. The van der Waals surface area contributed by atoms with Crippen molar-refractivity contribution in [2.75, 3.05) is 32.8 Å². The highest BCUT2D eigenvalue weighted by atomic mass is 16.2. The smallest absolute Gasteiger partial charge is 0.262 e. The van der Waals surface area contributed by atoms with Gasteiger partial charge in [-0.1, -0.05) is 12.1 Å². The van der Waals surface area contributed by atoms with E-state index in [1.807, 2.05) is 18.7 Å². The number of fused-ring (bicyclic) bond motifs is 1. The SMILES string of the molecule is CCN(CC)C(=O)C1CCN(CN2C(=O)c3ccccc3C2=O)CC1. The van der Waals surface area contributed by atoms with Gasteiger partial charge in [0.1, 0.15) is 0 Å². The molecule has 3 rings (SSSR count). The van der Waals surface area contributed by atoms with Crippen molar-refractivity contribution in [3.8, 4) is 0 Å². The summed E-state index contributed by atoms with van der Waals surface area (Å²) in [7, 11) is 0. The average molecular weight is 343 g/mol. The van der Waals surface area contributed by atoms with Crippen molar-refractivity contribution in [2.24, 2.45) is 5.92 Å². The maximum absolute atomic E-state index is 12.5. The van der Waals surface area contributed by atoms with Gasteiger partial charge in [-0.2, -0.15) is 0 Å². The minimum atomic E-state index is -0.220. The molecule has 0 bridgehead atoms. The van der Waals surface area contributed by atoms with Crippen LogP contribution < -0.4 is 0 Å². The zero-order chi connectivity index (χ0) is 18.0. The van der Waals surface area contributed by atoms with E-state index in [1.54, 1.807) is 24.3 Å². The summed E-state index contributed by atoms with van der Waals surface area (Å²) in [4.78, 5) is 42.6. The van der Waals surface area contributed by atoms with Crippen LogP contribution in [-0.4, -0.2) is 65.3 Å². The Morgan fingerprint density at radius 3 is 2.04 bits per heavy atom. The van der Waals surface area contributed by atoms with Gasteiger partial charge in [0, 0.05) is 32.1 Å². The van der Waals surface area contributed by atoms with Crippen LogP contribution >= 0.6 is 0 Å². The van der Waals surface area contributed by atoms with Crippen LogP contribution in [0.3, 0.4) is 0 Å². The van der Waals surface area contributed by atoms with E-state index in [4.69, 9.17) is 0 Å². The second kappa shape index (κ2) is 7.35. The summed E-state index contributed by atoms with van der Waals surface area (Å²) in [5, 5.41) is 0. The summed E-state index contributed by atoms with van der Waals surface area (Å²) >= 11 is 0. The molecule has 6 nitrogen and oxygen atoms in total. The normalized spacial score (nSPS) is 18.6. The first-order chi connectivity index (χ1) is 12.1. The Balaban J connectivity index is 1.58. The van der Waals surface area contributed by atoms with Gasteiger partial charge in [0.05, 0.1) is 17.8 Å². The number of hydrogen-bond donors (Lipinski definition) is 0. The number of imide groups is 1. The summed E-state index contributed by atoms with van der Waals surface area (Å²) < 4.78 is 0. The molecule has 0 spiro atoms. The predicted molar refractivity (Wildman–Crippen MR) is 94.0 cm³/mol. The molecule has 2 aliphatic rings. The van der Waals surface area contributed by atoms with Gasteiger partial charge >= 0.3 is 0 Å². The number of piperidine rings is 1. The minimum absolute atomic E-state index is 0.0540. The Morgan fingerprint density at radius 2 is 1.56 bits per heavy atom. The van der Waals surface area contributed by atoms with E-state index in [9.17, 15) is 14.4 Å². The molecule has 0 saturated carbocycles. The lowest BCUT2D eigenvalue weighted by Crippen LogP contribution is -2.47. The number of amides is 3. The Kier molecular flexibility index (Phi) is 5.18. The third kappa shape index (κ3) is 3.31. The highest BCUT2D eigenvalue weighted by molar-refractivity contribution is 6.21. The maximum atomic E-state index is 12.5. The molecule has 25 heavy (non-hydrogen) atoms. The van der Waals surface area contributed by atoms with E-state index < -0.39 is 0 Å². The van der Waals surface area contributed by atoms with Crippen LogP contribution in [0.2, 0.25) is 0 Å². The molecule has 6 heteroatoms. The molecule has 0 atom stereocenters. The average Bonchev–Trinajstić information content (AvgIpc) is 2.88. The first-order valence-corrected chi connectivity index (χ1v) is 9.03. The Bertz CT molecular complexity index is 641. The summed E-state index contributed by atoms with van der Waals surface area (Å²) in [5.74, 6) is -0.160. The highest BCUT2D eigenvalue weighted by Crippen LogP contribution is 2.25. The van der Waals surface area contributed by atoms with Gasteiger partial charge in [-0.15, -0.1) is 0 Å². The van der Waals surface area contributed by atoms with Crippen LogP contribution in [0.1, 0.15) is 47.4 Å². The largest absolute Gasteiger partial charge is 0.343 e. The first kappa shape index (κ1) is 17.6. The van der Waals surface area contributed by atoms with E-state index in [0.29, 0.717) is 17.8 Å². The number of rotatable bonds is 5. The lowest BCUT2D eigenvalue weighted by molar-refractivity contribution is -0.136. The molecule has 1 aromatic rings. The van der Waals surface area contributed by atoms with E-state index >= 15 is 0 Å². The van der Waals surface area contributed by atoms with Crippen molar-refractivity contribution in [2.45, 2.75) is 26.7 Å². The van der Waals surface area contributed by atoms with Crippen molar-refractivity contribution < 1.29 is 14.4 Å². The first-order valence-electron chi connectivity index (χ1n) is 9.03. The lowest BCUT2D eigenvalue weighted by Gasteiger charge is -2.35. The molecule has 0 aliphatic carbocycles. The van der Waals surface area contributed by atoms with Gasteiger partial charge in [0.15, 0.2) is 0 Å². The predicted octanol–water partition coefficient (Wildman–Crippen LogP) is 1.82. The second-order valence-corrected chi connectivity index (χ2v) is 6.63. The quantitative estimate of drug-likeness (QED) is 0.765. The molecule has 1 saturated heterocycles. The summed E-state index contributed by atoms with van der Waals surface area (Å²) in [6.07, 6.45) is 1.55. The van der Waals surface area contributed by atoms with Gasteiger partial charge in [-0.3, -0.25) is 24.2 Å². The summed E-state index contributed by atoms with van der Waals surface area (Å²) in [6, 6.07) is 6.95. The third-order valence-electron chi connectivity index (χ3n) is 5.23. The van der Waals surface area contributed by atoms with Crippen molar-refractivity contribution in [3.05, 3.63) is 35.4 Å². The molecule has 1 fully saturated rings. The minimum Gasteiger partial charge on any atom is -0.343 e. The van der Waals surface area contributed by atoms with Crippen LogP contribution in [0.15, 0.2) is 24.3 Å². The number of nitrogens with zero attached hydrogens (tertiary/aromatic N) is 3. The van der Waals surface area contributed by atoms with Gasteiger partial charge in [0.2, 0.25) is 5.91 Å². The zero-order valence-electron chi connectivity index (χ0n) is 14.9. The number of hydrogen-bond acceptors (Lipinski definition) is 4. The topological polar surface area (TPSA) is 60.9 Å². The fourth-order valence-corrected chi connectivity index (χ4v) is 3.68. The molecule has 0 aromatic heterocycles. The van der Waals surface area contributed by atoms with Crippen LogP contribution in [-0.2, 0) is 4.79 Å². The summed E-state index contributed by atoms with van der Waals surface area (Å²) in [5.41, 5.74) is 0.971. The van der Waals surface area contributed by atoms with Gasteiger partial charge in [-0.05, 0) is 38.8 Å². The summed E-state index contributed by atoms with van der Waals surface area (Å²) in [6.45, 7) is 7.24. The Hall–Kier alpha value is -2.21. The van der Waals surface area contributed by atoms with Crippen molar-refractivity contribution in [1.29, 1.82) is 0 Å². The Morgan fingerprint density at radius 1 is 1.04 bits per heavy atom. The molecule has 3 amide bonds. The molecule has 134 valence electrons. The molecule has 0 N–H and O–H groups in total. The maximum Gasteiger partial charge on any atom is 0.262 e. The molecule has 0 unspecified atom stereocenters. The number of benzene rings is 1. The van der Waals surface area contributed by atoms with E-state index in [-0.39, 0.29) is 23.6 Å². The number of carbonyl (C=O) groups excluding carboxylic acids is 3. The van der Waals surface area contributed by atoms with Crippen LogP contribution in [0.5, 0.6) is 0 Å². The molecule has 2 heterocycles. The van der Waals surface area contributed by atoms with Gasteiger partial charge < -0.3 is 4.90 Å². The van der Waals surface area contributed by atoms with E-state index in [1.165, 1.54) is 4.90 Å². The third-order valence-corrected chi connectivity index (χ3v) is 5.23. The fourth-order valence-electron chi connectivity index (χ4n) is 3.68. The van der Waals surface area contributed by atoms with E-state index in [2.05, 4.69) is 4.90 Å². The van der Waals surface area contributed by atoms with E-state index in [0.717, 1.165) is 39.0 Å². The van der Waals surface area contributed by atoms with Gasteiger partial charge in [-0.25, -0.2) is 0 Å². The van der Waals surface area contributed by atoms with Gasteiger partial charge in [0.25, 0.3) is 11.8 Å². The zero-order valence-corrected chi connectivity index (χ0v) is 14.9. The van der Waals surface area contributed by atoms with Crippen LogP contribution in [0.4, 0.5) is 0 Å². The monoisotopic (exact) mass is 343 g/mol. The highest BCUT2D eigenvalue weighted by Gasteiger charge is 2.37. The van der Waals surface area contributed by atoms with Crippen LogP contribution in [0.25, 0.3) is 0 Å². The molecule has 0 radical (unpaired) electrons. The van der Waals surface area contributed by atoms with Crippen molar-refractivity contribution in [1.82, 2.24) is 14.7 Å². The fraction of sp³-hybridized carbons (Fsp3) is 0.526. The standard InChI is InChI=1S/C19H25N3O3/c1-3-21(4-2)17(23)14-9-11-20(12-10-14)13-22-18(24)15-7-5-6-8-16(15)19(22)25/h5-8,14H,3-4,9-13H2,1-2H3. The molecular weight excluding hydrogens is 318 g/mol. The Labute approximate surface area is 148 Å². The van der Waals surface area contributed by atoms with Crippen molar-refractivity contribution >= 4 is 17.7 Å². The number of carbonyl (C=O) groups is 3. The van der Waals surface area contributed by atoms with Crippen molar-refractivity contribution in [3.63, 3.8) is 0 Å². The molecule has 1 aromatic carbocycles. The van der Waals surface area contributed by atoms with Crippen LogP contribution in [0, 0.1) is 5.92 Å². The number of likely N-dealkylation sites (tertiary alicyclic amines) is 1. The second-order valence-electron chi connectivity index (χ2n) is 6.63. The molecular formula is C19H25N3O3. The molecule has 2 aliphatic heterocycles.